The first kappa shape index (κ1) is 19.3. The lowest BCUT2D eigenvalue weighted by atomic mass is 9.96. The molecule has 1 unspecified atom stereocenters. The fraction of sp³-hybridized carbons (Fsp3) is 1.00. The summed E-state index contributed by atoms with van der Waals surface area (Å²) in [5, 5.41) is 9.01. The molecular formula is C10H13F9O. The zero-order valence-electron chi connectivity index (χ0n) is 10.3. The van der Waals surface area contributed by atoms with Crippen molar-refractivity contribution in [3.63, 3.8) is 0 Å². The zero-order chi connectivity index (χ0) is 16.4. The first-order valence-electron chi connectivity index (χ1n) is 5.59. The molecule has 0 aromatic heterocycles. The monoisotopic (exact) mass is 320 g/mol. The highest BCUT2D eigenvalue weighted by atomic mass is 19.4. The Morgan fingerprint density at radius 3 is 1.65 bits per heavy atom. The lowest BCUT2D eigenvalue weighted by Crippen LogP contribution is -2.61. The van der Waals surface area contributed by atoms with Gasteiger partial charge in [-0.25, -0.2) is 0 Å². The fourth-order valence-electron chi connectivity index (χ4n) is 1.37. The molecule has 0 aliphatic carbocycles. The topological polar surface area (TPSA) is 20.2 Å². The van der Waals surface area contributed by atoms with Crippen molar-refractivity contribution in [1.82, 2.24) is 0 Å². The maximum absolute atomic E-state index is 13.0. The first-order valence-corrected chi connectivity index (χ1v) is 5.59. The Bertz CT molecular complexity index is 310. The minimum absolute atomic E-state index is 0.137. The van der Waals surface area contributed by atoms with E-state index in [-0.39, 0.29) is 6.42 Å². The van der Waals surface area contributed by atoms with Gasteiger partial charge in [-0.1, -0.05) is 19.8 Å². The summed E-state index contributed by atoms with van der Waals surface area (Å²) in [5.74, 6) is -19.2. The van der Waals surface area contributed by atoms with Crippen molar-refractivity contribution in [2.75, 3.05) is 0 Å². The minimum Gasteiger partial charge on any atom is -0.393 e. The highest BCUT2D eigenvalue weighted by Crippen LogP contribution is 2.54. The summed E-state index contributed by atoms with van der Waals surface area (Å²) in [6.45, 7) is 1.58. The van der Waals surface area contributed by atoms with Crippen LogP contribution in [0.25, 0.3) is 0 Å². The number of aliphatic hydroxyl groups is 1. The van der Waals surface area contributed by atoms with Gasteiger partial charge >= 0.3 is 23.9 Å². The zero-order valence-corrected chi connectivity index (χ0v) is 10.3. The molecule has 122 valence electrons. The maximum atomic E-state index is 13.0. The molecule has 1 N–H and O–H groups in total. The molecule has 0 aliphatic heterocycles. The van der Waals surface area contributed by atoms with Gasteiger partial charge in [0.05, 0.1) is 6.10 Å². The summed E-state index contributed by atoms with van der Waals surface area (Å²) in [7, 11) is 0. The fourth-order valence-corrected chi connectivity index (χ4v) is 1.37. The number of hydrogen-bond acceptors (Lipinski definition) is 1. The van der Waals surface area contributed by atoms with Crippen LogP contribution >= 0.6 is 0 Å². The van der Waals surface area contributed by atoms with Gasteiger partial charge in [0.25, 0.3) is 0 Å². The third-order valence-corrected chi connectivity index (χ3v) is 2.59. The predicted molar refractivity (Wildman–Crippen MR) is 51.0 cm³/mol. The highest BCUT2D eigenvalue weighted by molar-refractivity contribution is 5.00. The molecule has 0 rings (SSSR count). The van der Waals surface area contributed by atoms with E-state index in [1.165, 1.54) is 0 Å². The van der Waals surface area contributed by atoms with Crippen LogP contribution in [0, 0.1) is 0 Å². The van der Waals surface area contributed by atoms with E-state index in [0.717, 1.165) is 0 Å². The van der Waals surface area contributed by atoms with Gasteiger partial charge in [0.2, 0.25) is 0 Å². The Hall–Kier alpha value is -0.670. The summed E-state index contributed by atoms with van der Waals surface area (Å²) in [6.07, 6.45) is -11.0. The quantitative estimate of drug-likeness (QED) is 0.690. The number of aliphatic hydroxyl groups excluding tert-OH is 1. The number of alkyl halides is 9. The van der Waals surface area contributed by atoms with Gasteiger partial charge in [-0.2, -0.15) is 39.5 Å². The second-order valence-corrected chi connectivity index (χ2v) is 4.35. The third-order valence-electron chi connectivity index (χ3n) is 2.59. The van der Waals surface area contributed by atoms with Crippen LogP contribution in [0.15, 0.2) is 0 Å². The van der Waals surface area contributed by atoms with Crippen molar-refractivity contribution in [3.05, 3.63) is 0 Å². The molecule has 0 heterocycles. The maximum Gasteiger partial charge on any atom is 0.460 e. The molecule has 0 bridgehead atoms. The molecule has 0 fully saturated rings. The molecule has 20 heavy (non-hydrogen) atoms. The van der Waals surface area contributed by atoms with Crippen molar-refractivity contribution in [3.8, 4) is 0 Å². The van der Waals surface area contributed by atoms with Crippen LogP contribution in [0.4, 0.5) is 39.5 Å². The van der Waals surface area contributed by atoms with Gasteiger partial charge in [0.15, 0.2) is 0 Å². The van der Waals surface area contributed by atoms with Crippen LogP contribution in [-0.4, -0.2) is 35.2 Å². The van der Waals surface area contributed by atoms with E-state index in [2.05, 4.69) is 0 Å². The van der Waals surface area contributed by atoms with Crippen LogP contribution in [0.2, 0.25) is 0 Å². The Labute approximate surface area is 108 Å². The predicted octanol–water partition coefficient (Wildman–Crippen LogP) is 4.40. The van der Waals surface area contributed by atoms with E-state index in [1.807, 2.05) is 0 Å². The van der Waals surface area contributed by atoms with Crippen molar-refractivity contribution in [1.29, 1.82) is 0 Å². The molecular weight excluding hydrogens is 307 g/mol. The highest BCUT2D eigenvalue weighted by Gasteiger charge is 2.81. The molecule has 0 spiro atoms. The van der Waals surface area contributed by atoms with Gasteiger partial charge < -0.3 is 5.11 Å². The summed E-state index contributed by atoms with van der Waals surface area (Å²) in [6, 6.07) is 0. The van der Waals surface area contributed by atoms with Gasteiger partial charge in [0.1, 0.15) is 0 Å². The Morgan fingerprint density at radius 2 is 1.30 bits per heavy atom. The first-order chi connectivity index (χ1) is 8.70. The van der Waals surface area contributed by atoms with E-state index in [0.29, 0.717) is 6.42 Å². The normalized spacial score (nSPS) is 16.4. The van der Waals surface area contributed by atoms with Crippen LogP contribution in [0.3, 0.4) is 0 Å². The summed E-state index contributed by atoms with van der Waals surface area (Å²) in [5.41, 5.74) is 0. The molecule has 1 atom stereocenters. The molecule has 0 saturated heterocycles. The van der Waals surface area contributed by atoms with Crippen LogP contribution in [-0.2, 0) is 0 Å². The van der Waals surface area contributed by atoms with Gasteiger partial charge in [-0.05, 0) is 6.42 Å². The van der Waals surface area contributed by atoms with E-state index >= 15 is 0 Å². The van der Waals surface area contributed by atoms with E-state index in [4.69, 9.17) is 5.11 Å². The molecule has 10 heteroatoms. The Kier molecular flexibility index (Phi) is 5.78. The van der Waals surface area contributed by atoms with Crippen molar-refractivity contribution in [2.24, 2.45) is 0 Å². The van der Waals surface area contributed by atoms with Crippen LogP contribution in [0.5, 0.6) is 0 Å². The van der Waals surface area contributed by atoms with E-state index in [9.17, 15) is 39.5 Å². The van der Waals surface area contributed by atoms with Crippen molar-refractivity contribution in [2.45, 2.75) is 62.7 Å². The number of hydrogen-bond donors (Lipinski definition) is 1. The second kappa shape index (κ2) is 5.98. The SMILES string of the molecule is CCCCC(O)CC(F)(F)C(F)(F)C(F)(F)C(F)(F)F. The van der Waals surface area contributed by atoms with Gasteiger partial charge in [-0.15, -0.1) is 0 Å². The average molecular weight is 320 g/mol. The molecule has 0 amide bonds. The molecule has 0 aromatic carbocycles. The van der Waals surface area contributed by atoms with E-state index < -0.39 is 42.9 Å². The third kappa shape index (κ3) is 3.70. The number of halogens is 9. The molecule has 0 radical (unpaired) electrons. The summed E-state index contributed by atoms with van der Waals surface area (Å²) < 4.78 is 112. The minimum atomic E-state index is -6.89. The van der Waals surface area contributed by atoms with Crippen LogP contribution in [0.1, 0.15) is 32.6 Å². The smallest absolute Gasteiger partial charge is 0.393 e. The second-order valence-electron chi connectivity index (χ2n) is 4.35. The molecule has 0 aromatic rings. The lowest BCUT2D eigenvalue weighted by Gasteiger charge is -2.34. The van der Waals surface area contributed by atoms with Gasteiger partial charge in [-0.3, -0.25) is 0 Å². The molecule has 1 nitrogen and oxygen atoms in total. The van der Waals surface area contributed by atoms with Crippen molar-refractivity contribution >= 4 is 0 Å². The average Bonchev–Trinajstić information content (AvgIpc) is 2.23. The van der Waals surface area contributed by atoms with Crippen molar-refractivity contribution < 1.29 is 44.6 Å². The lowest BCUT2D eigenvalue weighted by molar-refractivity contribution is -0.398. The Balaban J connectivity index is 5.16. The molecule has 0 saturated carbocycles. The number of unbranched alkanes of at least 4 members (excludes halogenated alkanes) is 1. The summed E-state index contributed by atoms with van der Waals surface area (Å²) >= 11 is 0. The molecule has 0 aliphatic rings. The summed E-state index contributed by atoms with van der Waals surface area (Å²) in [4.78, 5) is 0. The largest absolute Gasteiger partial charge is 0.460 e. The van der Waals surface area contributed by atoms with Crippen LogP contribution < -0.4 is 0 Å². The Morgan fingerprint density at radius 1 is 0.850 bits per heavy atom. The van der Waals surface area contributed by atoms with E-state index in [1.54, 1.807) is 6.92 Å². The number of rotatable bonds is 7. The van der Waals surface area contributed by atoms with Gasteiger partial charge in [0, 0.05) is 6.42 Å². The standard InChI is InChI=1S/C10H13F9O/c1-2-3-4-6(20)5-7(11,12)8(13,14)9(15,16)10(17,18)19/h6,20H,2-5H2,1H3.